The maximum absolute atomic E-state index is 13.7. The minimum absolute atomic E-state index is 0.137. The van der Waals surface area contributed by atoms with E-state index in [0.29, 0.717) is 18.3 Å². The summed E-state index contributed by atoms with van der Waals surface area (Å²) in [5.41, 5.74) is 0.710. The normalized spacial score (nSPS) is 28.0. The summed E-state index contributed by atoms with van der Waals surface area (Å²) in [5, 5.41) is 12.9. The van der Waals surface area contributed by atoms with Crippen LogP contribution in [0.3, 0.4) is 0 Å². The number of β-amino-alcohol motifs (C(OH)–C–C–N with tert-alkyl or cyclic N) is 1. The van der Waals surface area contributed by atoms with Crippen LogP contribution < -0.4 is 10.2 Å². The zero-order valence-corrected chi connectivity index (χ0v) is 11.6. The number of halogens is 1. The Balaban J connectivity index is 1.51. The molecular weight excluding hydrogens is 257 g/mol. The molecule has 0 radical (unpaired) electrons. The van der Waals surface area contributed by atoms with E-state index in [1.165, 1.54) is 6.07 Å². The van der Waals surface area contributed by atoms with Crippen LogP contribution in [0.1, 0.15) is 6.42 Å². The maximum atomic E-state index is 13.7. The Morgan fingerprint density at radius 2 is 1.95 bits per heavy atom. The van der Waals surface area contributed by atoms with Gasteiger partial charge in [0.2, 0.25) is 0 Å². The second-order valence-corrected chi connectivity index (χ2v) is 5.73. The van der Waals surface area contributed by atoms with Crippen molar-refractivity contribution in [3.8, 4) is 0 Å². The Kier molecular flexibility index (Phi) is 4.19. The lowest BCUT2D eigenvalue weighted by molar-refractivity contribution is 0.185. The smallest absolute Gasteiger partial charge is 0.146 e. The van der Waals surface area contributed by atoms with Crippen LogP contribution in [-0.4, -0.2) is 61.4 Å². The van der Waals surface area contributed by atoms with Gasteiger partial charge in [0, 0.05) is 45.3 Å². The summed E-state index contributed by atoms with van der Waals surface area (Å²) in [7, 11) is 0. The van der Waals surface area contributed by atoms with Gasteiger partial charge in [0.15, 0.2) is 0 Å². The molecule has 2 aliphatic heterocycles. The molecule has 3 rings (SSSR count). The molecule has 5 heteroatoms. The minimum Gasteiger partial charge on any atom is -0.392 e. The monoisotopic (exact) mass is 279 g/mol. The van der Waals surface area contributed by atoms with Crippen LogP contribution in [0.25, 0.3) is 0 Å². The molecule has 0 spiro atoms. The fraction of sp³-hybridized carbons (Fsp3) is 0.600. The summed E-state index contributed by atoms with van der Waals surface area (Å²) < 4.78 is 13.7. The lowest BCUT2D eigenvalue weighted by Gasteiger charge is -2.37. The second-order valence-electron chi connectivity index (χ2n) is 5.73. The molecular formula is C15H22FN3O. The fourth-order valence-electron chi connectivity index (χ4n) is 3.13. The van der Waals surface area contributed by atoms with Crippen molar-refractivity contribution in [1.82, 2.24) is 10.2 Å². The zero-order chi connectivity index (χ0) is 13.9. The van der Waals surface area contributed by atoms with Gasteiger partial charge in [-0.1, -0.05) is 12.1 Å². The van der Waals surface area contributed by atoms with E-state index < -0.39 is 0 Å². The third-order valence-corrected chi connectivity index (χ3v) is 4.24. The summed E-state index contributed by atoms with van der Waals surface area (Å²) in [6.45, 7) is 5.29. The Morgan fingerprint density at radius 1 is 1.20 bits per heavy atom. The predicted octanol–water partition coefficient (Wildman–Crippen LogP) is 0.670. The van der Waals surface area contributed by atoms with Crippen LogP contribution >= 0.6 is 0 Å². The number of para-hydroxylation sites is 1. The average Bonchev–Trinajstić information content (AvgIpc) is 2.86. The lowest BCUT2D eigenvalue weighted by atomic mass is 10.1. The van der Waals surface area contributed by atoms with E-state index in [2.05, 4.69) is 15.1 Å². The molecule has 2 fully saturated rings. The quantitative estimate of drug-likeness (QED) is 0.853. The van der Waals surface area contributed by atoms with Gasteiger partial charge in [-0.15, -0.1) is 0 Å². The van der Waals surface area contributed by atoms with E-state index in [9.17, 15) is 9.50 Å². The van der Waals surface area contributed by atoms with Gasteiger partial charge in [0.05, 0.1) is 11.8 Å². The van der Waals surface area contributed by atoms with Gasteiger partial charge in [0.1, 0.15) is 5.82 Å². The summed E-state index contributed by atoms with van der Waals surface area (Å²) in [5.74, 6) is -0.137. The van der Waals surface area contributed by atoms with E-state index in [4.69, 9.17) is 0 Å². The molecule has 110 valence electrons. The lowest BCUT2D eigenvalue weighted by Crippen LogP contribution is -2.50. The summed E-state index contributed by atoms with van der Waals surface area (Å²) in [6, 6.07) is 7.37. The predicted molar refractivity (Wildman–Crippen MR) is 77.5 cm³/mol. The number of nitrogens with zero attached hydrogens (tertiary/aromatic N) is 2. The van der Waals surface area contributed by atoms with E-state index in [1.54, 1.807) is 6.07 Å². The minimum atomic E-state index is -0.195. The number of benzene rings is 1. The molecule has 4 nitrogen and oxygen atoms in total. The third kappa shape index (κ3) is 3.11. The molecule has 0 saturated carbocycles. The average molecular weight is 279 g/mol. The first-order valence-corrected chi connectivity index (χ1v) is 7.35. The molecule has 0 bridgehead atoms. The van der Waals surface area contributed by atoms with Gasteiger partial charge in [-0.25, -0.2) is 4.39 Å². The highest BCUT2D eigenvalue weighted by Crippen LogP contribution is 2.20. The molecule has 2 saturated heterocycles. The number of hydrogen-bond acceptors (Lipinski definition) is 4. The van der Waals surface area contributed by atoms with E-state index in [1.807, 2.05) is 12.1 Å². The summed E-state index contributed by atoms with van der Waals surface area (Å²) in [4.78, 5) is 4.51. The Hall–Kier alpha value is -1.17. The number of piperazine rings is 1. The van der Waals surface area contributed by atoms with Crippen LogP contribution in [-0.2, 0) is 0 Å². The van der Waals surface area contributed by atoms with Gasteiger partial charge in [-0.3, -0.25) is 4.90 Å². The first-order valence-electron chi connectivity index (χ1n) is 7.35. The highest BCUT2D eigenvalue weighted by Gasteiger charge is 2.26. The fourth-order valence-corrected chi connectivity index (χ4v) is 3.13. The molecule has 2 aliphatic rings. The number of anilines is 1. The Morgan fingerprint density at radius 3 is 2.60 bits per heavy atom. The maximum Gasteiger partial charge on any atom is 0.146 e. The van der Waals surface area contributed by atoms with Crippen molar-refractivity contribution >= 4 is 5.69 Å². The zero-order valence-electron chi connectivity index (χ0n) is 11.6. The number of aliphatic hydroxyl groups is 1. The molecule has 1 aromatic rings. The van der Waals surface area contributed by atoms with Gasteiger partial charge in [-0.05, 0) is 18.6 Å². The van der Waals surface area contributed by atoms with Crippen molar-refractivity contribution in [2.24, 2.45) is 0 Å². The molecule has 20 heavy (non-hydrogen) atoms. The van der Waals surface area contributed by atoms with E-state index in [0.717, 1.165) is 39.1 Å². The van der Waals surface area contributed by atoms with Crippen molar-refractivity contribution in [3.05, 3.63) is 30.1 Å². The molecule has 0 aromatic heterocycles. The first kappa shape index (κ1) is 13.8. The van der Waals surface area contributed by atoms with Gasteiger partial charge in [0.25, 0.3) is 0 Å². The van der Waals surface area contributed by atoms with Crippen molar-refractivity contribution < 1.29 is 9.50 Å². The summed E-state index contributed by atoms with van der Waals surface area (Å²) in [6.07, 6.45) is 0.646. The van der Waals surface area contributed by atoms with Crippen LogP contribution in [0.15, 0.2) is 24.3 Å². The van der Waals surface area contributed by atoms with E-state index in [-0.39, 0.29) is 11.9 Å². The van der Waals surface area contributed by atoms with Crippen LogP contribution in [0.4, 0.5) is 10.1 Å². The van der Waals surface area contributed by atoms with E-state index >= 15 is 0 Å². The van der Waals surface area contributed by atoms with Crippen molar-refractivity contribution in [3.63, 3.8) is 0 Å². The molecule has 2 N–H and O–H groups in total. The van der Waals surface area contributed by atoms with Gasteiger partial charge < -0.3 is 15.3 Å². The van der Waals surface area contributed by atoms with Gasteiger partial charge in [-0.2, -0.15) is 0 Å². The van der Waals surface area contributed by atoms with Crippen molar-refractivity contribution in [1.29, 1.82) is 0 Å². The van der Waals surface area contributed by atoms with Crippen LogP contribution in [0, 0.1) is 5.82 Å². The molecule has 0 amide bonds. The SMILES string of the molecule is OC1CNC(CN2CCN(c3ccccc3F)CC2)C1. The van der Waals surface area contributed by atoms with Crippen molar-refractivity contribution in [2.75, 3.05) is 44.2 Å². The van der Waals surface area contributed by atoms with Gasteiger partial charge >= 0.3 is 0 Å². The van der Waals surface area contributed by atoms with Crippen molar-refractivity contribution in [2.45, 2.75) is 18.6 Å². The topological polar surface area (TPSA) is 38.7 Å². The number of hydrogen-bond donors (Lipinski definition) is 2. The molecule has 0 aliphatic carbocycles. The largest absolute Gasteiger partial charge is 0.392 e. The molecule has 2 atom stereocenters. The number of rotatable bonds is 3. The first-order chi connectivity index (χ1) is 9.72. The second kappa shape index (κ2) is 6.08. The highest BCUT2D eigenvalue weighted by molar-refractivity contribution is 5.47. The molecule has 1 aromatic carbocycles. The molecule has 2 heterocycles. The highest BCUT2D eigenvalue weighted by atomic mass is 19.1. The molecule has 2 unspecified atom stereocenters. The van der Waals surface area contributed by atoms with Crippen LogP contribution in [0.5, 0.6) is 0 Å². The number of aliphatic hydroxyl groups excluding tert-OH is 1. The summed E-state index contributed by atoms with van der Waals surface area (Å²) >= 11 is 0. The number of nitrogens with one attached hydrogen (secondary N) is 1. The van der Waals surface area contributed by atoms with Crippen LogP contribution in [0.2, 0.25) is 0 Å². The Bertz CT molecular complexity index is 448. The Labute approximate surface area is 119 Å². The standard InChI is InChI=1S/C15H22FN3O/c16-14-3-1-2-4-15(14)19-7-5-18(6-8-19)11-12-9-13(20)10-17-12/h1-4,12-13,17,20H,5-11H2. The third-order valence-electron chi connectivity index (χ3n) is 4.24.